The van der Waals surface area contributed by atoms with E-state index >= 15 is 0 Å². The molecular formula is C105H158. The molecular weight excluding hydrogens is 1260 g/mol. The van der Waals surface area contributed by atoms with Crippen LogP contribution in [0.15, 0.2) is 133 Å². The van der Waals surface area contributed by atoms with E-state index in [9.17, 15) is 0 Å². The van der Waals surface area contributed by atoms with Crippen LogP contribution in [0.3, 0.4) is 0 Å². The van der Waals surface area contributed by atoms with Crippen LogP contribution >= 0.6 is 0 Å². The van der Waals surface area contributed by atoms with Crippen molar-refractivity contribution < 1.29 is 0 Å². The second kappa shape index (κ2) is 46.9. The third-order valence-corrected chi connectivity index (χ3v) is 21.4. The van der Waals surface area contributed by atoms with E-state index in [0.29, 0.717) is 53.3 Å². The highest BCUT2D eigenvalue weighted by atomic mass is 14.2. The Labute approximate surface area is 652 Å². The van der Waals surface area contributed by atoms with Crippen LogP contribution in [0.25, 0.3) is 0 Å². The van der Waals surface area contributed by atoms with E-state index in [4.69, 9.17) is 0 Å². The summed E-state index contributed by atoms with van der Waals surface area (Å²) in [6, 6.07) is 48.8. The fourth-order valence-electron chi connectivity index (χ4n) is 14.6. The SMILES string of the molecule is C.Cc1cc(C)c(C(C)C)cc1C.Cc1cc(C)c(C)c(C(C)C)c1.Cc1ccc(C(C)C)c(C)c1.Cc1ccc(C(C)C)c(C)c1C.Cc1ccc(C)c(C(C)C)c1.Cc1ccc(C)c(C(C)C)c1C.Cc1ccc(C)c(C(C)C)c1C.Cc1cccc(C(C)C)c1C.Cc1cccc(C)c1C(C)C. The minimum absolute atomic E-state index is 0. The van der Waals surface area contributed by atoms with Crippen LogP contribution in [0.1, 0.15) is 363 Å². The third kappa shape index (κ3) is 31.8. The third-order valence-electron chi connectivity index (χ3n) is 21.4. The quantitative estimate of drug-likeness (QED) is 0.135. The van der Waals surface area contributed by atoms with Crippen molar-refractivity contribution in [1.29, 1.82) is 0 Å². The van der Waals surface area contributed by atoms with Crippen molar-refractivity contribution in [2.45, 2.75) is 345 Å². The summed E-state index contributed by atoms with van der Waals surface area (Å²) in [5.41, 5.74) is 46.0. The molecule has 105 heavy (non-hydrogen) atoms. The standard InChI is InChI=1S/5C12H18.4C11H16.CH4/c1-8(2)12-7-10(4)9(3)6-11(12)5;1-8(2)12-7-9(3)6-10(4)11(12)5;1-8(2)12-7-6-9(3)10(4)11(12)5;2*1-8(2)12-10(4)7-6-9(3)11(12)5;1-8(2)11-6-5-9(3)7-10(11)4;1-8(2)11-7-9(3)5-6-10(11)4;1-8(2)11-7-5-6-9(3)10(11)4;1-8(2)11-9(3)6-5-7-10(11)4;/h5*6-8H,1-5H3;4*5-8H,1-4H3;1H4. The summed E-state index contributed by atoms with van der Waals surface area (Å²) >= 11 is 0. The largest absolute Gasteiger partial charge is 0.0776 e. The van der Waals surface area contributed by atoms with Crippen LogP contribution in [0.5, 0.6) is 0 Å². The van der Waals surface area contributed by atoms with Crippen LogP contribution < -0.4 is 0 Å². The number of aryl methyl sites for hydroxylation is 17. The van der Waals surface area contributed by atoms with Gasteiger partial charge in [0, 0.05) is 0 Å². The fraction of sp³-hybridized carbons (Fsp3) is 0.486. The summed E-state index contributed by atoms with van der Waals surface area (Å²) in [7, 11) is 0. The van der Waals surface area contributed by atoms with E-state index < -0.39 is 0 Å². The van der Waals surface area contributed by atoms with Gasteiger partial charge in [0.25, 0.3) is 0 Å². The molecule has 0 amide bonds. The summed E-state index contributed by atoms with van der Waals surface area (Å²) < 4.78 is 0. The molecule has 0 aliphatic rings. The zero-order valence-electron chi connectivity index (χ0n) is 74.9. The minimum atomic E-state index is 0. The Morgan fingerprint density at radius 3 is 0.829 bits per heavy atom. The summed E-state index contributed by atoms with van der Waals surface area (Å²) in [4.78, 5) is 0. The number of hydrogen-bond acceptors (Lipinski definition) is 0. The van der Waals surface area contributed by atoms with Crippen LogP contribution in [-0.4, -0.2) is 0 Å². The molecule has 0 spiro atoms. The summed E-state index contributed by atoms with van der Waals surface area (Å²) in [5.74, 6) is 5.81. The Kier molecular flexibility index (Phi) is 43.8. The van der Waals surface area contributed by atoms with Gasteiger partial charge in [-0.1, -0.05) is 282 Å². The zero-order chi connectivity index (χ0) is 80.2. The molecule has 0 heteroatoms. The average molecular weight is 1420 g/mol. The Morgan fingerprint density at radius 1 is 0.152 bits per heavy atom. The second-order valence-corrected chi connectivity index (χ2v) is 33.5. The van der Waals surface area contributed by atoms with Gasteiger partial charge >= 0.3 is 0 Å². The molecule has 578 valence electrons. The van der Waals surface area contributed by atoms with E-state index in [1.54, 1.807) is 0 Å². The van der Waals surface area contributed by atoms with Gasteiger partial charge in [-0.2, -0.15) is 0 Å². The van der Waals surface area contributed by atoms with E-state index in [0.717, 1.165) is 0 Å². The number of benzene rings is 9. The lowest BCUT2D eigenvalue weighted by atomic mass is 9.91. The molecule has 0 aliphatic carbocycles. The molecule has 0 radical (unpaired) electrons. The first-order valence-corrected chi connectivity index (χ1v) is 39.7. The van der Waals surface area contributed by atoms with E-state index in [-0.39, 0.29) is 7.43 Å². The first kappa shape index (κ1) is 98.0. The highest BCUT2D eigenvalue weighted by molar-refractivity contribution is 5.45. The normalized spacial score (nSPS) is 10.6. The van der Waals surface area contributed by atoms with E-state index in [1.165, 1.54) is 178 Å². The summed E-state index contributed by atoms with van der Waals surface area (Å²) in [6.07, 6.45) is 0. The maximum atomic E-state index is 2.31. The van der Waals surface area contributed by atoms with E-state index in [1.807, 2.05) is 0 Å². The van der Waals surface area contributed by atoms with Gasteiger partial charge in [0.15, 0.2) is 0 Å². The Balaban J connectivity index is 0.00000116. The summed E-state index contributed by atoms with van der Waals surface area (Å²) in [6.45, 7) is 90.7. The van der Waals surface area contributed by atoms with Gasteiger partial charge in [-0.25, -0.2) is 0 Å². The maximum absolute atomic E-state index is 2.31. The average Bonchev–Trinajstić information content (AvgIpc) is 0.830. The lowest BCUT2D eigenvalue weighted by molar-refractivity contribution is 0.843. The monoisotopic (exact) mass is 1420 g/mol. The highest BCUT2D eigenvalue weighted by Gasteiger charge is 2.13. The van der Waals surface area contributed by atoms with Gasteiger partial charge in [-0.15, -0.1) is 0 Å². The minimum Gasteiger partial charge on any atom is -0.0776 e. The molecule has 9 aromatic carbocycles. The molecule has 0 saturated heterocycles. The fourth-order valence-corrected chi connectivity index (χ4v) is 14.6. The molecule has 0 atom stereocenters. The van der Waals surface area contributed by atoms with Gasteiger partial charge in [-0.3, -0.25) is 0 Å². The topological polar surface area (TPSA) is 0 Å². The maximum Gasteiger partial charge on any atom is -0.0213 e. The summed E-state index contributed by atoms with van der Waals surface area (Å²) in [5, 5.41) is 0. The zero-order valence-corrected chi connectivity index (χ0v) is 74.9. The van der Waals surface area contributed by atoms with Gasteiger partial charge < -0.3 is 0 Å². The van der Waals surface area contributed by atoms with Gasteiger partial charge in [0.1, 0.15) is 0 Å². The van der Waals surface area contributed by atoms with Gasteiger partial charge in [0.2, 0.25) is 0 Å². The molecule has 0 N–H and O–H groups in total. The van der Waals surface area contributed by atoms with Crippen LogP contribution in [0.2, 0.25) is 0 Å². The van der Waals surface area contributed by atoms with Crippen LogP contribution in [-0.2, 0) is 0 Å². The predicted molar refractivity (Wildman–Crippen MR) is 480 cm³/mol. The molecule has 9 rings (SSSR count). The van der Waals surface area contributed by atoms with Crippen molar-refractivity contribution in [2.24, 2.45) is 0 Å². The molecule has 0 unspecified atom stereocenters. The highest BCUT2D eigenvalue weighted by Crippen LogP contribution is 2.30. The number of hydrogen-bond donors (Lipinski definition) is 0. The first-order valence-electron chi connectivity index (χ1n) is 39.7. The van der Waals surface area contributed by atoms with Gasteiger partial charge in [-0.05, 0) is 374 Å². The Hall–Kier alpha value is -7.02. The molecule has 0 saturated carbocycles. The van der Waals surface area contributed by atoms with Gasteiger partial charge in [0.05, 0.1) is 0 Å². The second-order valence-electron chi connectivity index (χ2n) is 33.5. The van der Waals surface area contributed by atoms with Crippen LogP contribution in [0.4, 0.5) is 0 Å². The van der Waals surface area contributed by atoms with Crippen LogP contribution in [0, 0.1) is 159 Å². The molecule has 0 aliphatic heterocycles. The predicted octanol–water partition coefficient (Wildman–Crippen LogP) is 33.0. The molecule has 0 heterocycles. The molecule has 0 nitrogen and oxygen atoms in total. The van der Waals surface area contributed by atoms with Crippen molar-refractivity contribution in [1.82, 2.24) is 0 Å². The smallest absolute Gasteiger partial charge is 0.0213 e. The molecule has 0 bridgehead atoms. The first-order chi connectivity index (χ1) is 48.1. The Morgan fingerprint density at radius 2 is 0.438 bits per heavy atom. The lowest BCUT2D eigenvalue weighted by Gasteiger charge is -2.15. The van der Waals surface area contributed by atoms with E-state index in [2.05, 4.69) is 417 Å². The van der Waals surface area contributed by atoms with Crippen molar-refractivity contribution >= 4 is 0 Å². The lowest BCUT2D eigenvalue weighted by Crippen LogP contribution is -1.97. The van der Waals surface area contributed by atoms with Crippen molar-refractivity contribution in [3.05, 3.63) is 311 Å². The number of rotatable bonds is 9. The molecule has 0 fully saturated rings. The van der Waals surface area contributed by atoms with Crippen molar-refractivity contribution in [2.75, 3.05) is 0 Å². The van der Waals surface area contributed by atoms with Crippen molar-refractivity contribution in [3.8, 4) is 0 Å². The Bertz CT molecular complexity index is 3980. The molecule has 9 aromatic rings. The molecule has 0 aromatic heterocycles. The van der Waals surface area contributed by atoms with Crippen molar-refractivity contribution in [3.63, 3.8) is 0 Å².